The molecule has 140 valence electrons. The van der Waals surface area contributed by atoms with Crippen molar-refractivity contribution in [2.24, 2.45) is 5.73 Å². The van der Waals surface area contributed by atoms with Gasteiger partial charge in [-0.15, -0.1) is 0 Å². The van der Waals surface area contributed by atoms with Gasteiger partial charge in [-0.1, -0.05) is 36.0 Å². The Morgan fingerprint density at radius 1 is 1.03 bits per heavy atom. The van der Waals surface area contributed by atoms with Gasteiger partial charge in [-0.25, -0.2) is 0 Å². The molecule has 1 heterocycles. The number of aliphatic carboxylic acids is 1. The summed E-state index contributed by atoms with van der Waals surface area (Å²) in [6.45, 7) is 0. The van der Waals surface area contributed by atoms with Crippen molar-refractivity contribution in [2.45, 2.75) is 24.1 Å². The summed E-state index contributed by atoms with van der Waals surface area (Å²) in [5.74, 6) is -0.460. The predicted molar refractivity (Wildman–Crippen MR) is 98.5 cm³/mol. The van der Waals surface area contributed by atoms with Gasteiger partial charge in [-0.2, -0.15) is 0 Å². The standard InChI is InChI=1S/C19H18N2O5S.2Na/c20-15(18(23)24)9-11-1-5-13(6-2-11)26-14-7-3-12(4-8-14)10-16-17(22)21-19(25)27-16;;/h1-8,15-16H,9-10,20H2,(H2,21,22,23,24,25);;/q;2*+1/p-2/t15-,16?;;/m1../s1. The third-order valence-electron chi connectivity index (χ3n) is 3.98. The van der Waals surface area contributed by atoms with E-state index in [9.17, 15) is 19.5 Å². The van der Waals surface area contributed by atoms with Crippen LogP contribution in [0.1, 0.15) is 11.1 Å². The van der Waals surface area contributed by atoms with E-state index in [4.69, 9.17) is 10.5 Å². The number of nitrogens with zero attached hydrogens (tertiary/aromatic N) is 1. The first-order chi connectivity index (χ1) is 12.9. The van der Waals surface area contributed by atoms with Crippen LogP contribution in [0.25, 0.3) is 5.32 Å². The molecule has 3 rings (SSSR count). The minimum absolute atomic E-state index is 0. The third-order valence-corrected chi connectivity index (χ3v) is 4.93. The van der Waals surface area contributed by atoms with Gasteiger partial charge in [0.05, 0.1) is 17.1 Å². The van der Waals surface area contributed by atoms with E-state index in [2.05, 4.69) is 5.32 Å². The van der Waals surface area contributed by atoms with E-state index in [1.807, 2.05) is 12.1 Å². The Hall–Kier alpha value is -0.840. The number of carboxylic acid groups (broad SMARTS) is 1. The van der Waals surface area contributed by atoms with Gasteiger partial charge in [-0.3, -0.25) is 0 Å². The van der Waals surface area contributed by atoms with E-state index in [1.54, 1.807) is 36.4 Å². The van der Waals surface area contributed by atoms with Gasteiger partial charge in [0.1, 0.15) is 16.7 Å². The Morgan fingerprint density at radius 2 is 1.55 bits per heavy atom. The molecular weight excluding hydrogens is 414 g/mol. The number of benzene rings is 2. The minimum atomic E-state index is -1.29. The smallest absolute Gasteiger partial charge is 0.585 e. The average Bonchev–Trinajstić information content (AvgIpc) is 2.95. The SMILES string of the molecule is N[C@H](Cc1ccc(Oc2ccc(CC3SC(=O)[N-]C3=O)cc2)cc1)C(=O)[O-].[Na+].[Na+]. The number of amides is 2. The first kappa shape index (κ1) is 26.2. The third kappa shape index (κ3) is 7.73. The van der Waals surface area contributed by atoms with Gasteiger partial charge in [0, 0.05) is 6.04 Å². The quantitative estimate of drug-likeness (QED) is 0.442. The predicted octanol–water partition coefficient (Wildman–Crippen LogP) is -4.22. The van der Waals surface area contributed by atoms with Gasteiger partial charge in [0.2, 0.25) is 0 Å². The van der Waals surface area contributed by atoms with E-state index in [1.165, 1.54) is 0 Å². The van der Waals surface area contributed by atoms with Crippen molar-refractivity contribution >= 4 is 28.9 Å². The van der Waals surface area contributed by atoms with E-state index in [-0.39, 0.29) is 71.4 Å². The Morgan fingerprint density at radius 3 is 2.00 bits per heavy atom. The van der Waals surface area contributed by atoms with Crippen LogP contribution in [0.3, 0.4) is 0 Å². The molecule has 10 heteroatoms. The van der Waals surface area contributed by atoms with Gasteiger partial charge in [0.25, 0.3) is 0 Å². The summed E-state index contributed by atoms with van der Waals surface area (Å²) in [5, 5.41) is 13.2. The van der Waals surface area contributed by atoms with Crippen molar-refractivity contribution in [3.8, 4) is 11.5 Å². The molecule has 7 nitrogen and oxygen atoms in total. The maximum absolute atomic E-state index is 11.6. The second-order valence-corrected chi connectivity index (χ2v) is 7.20. The molecule has 2 amide bonds. The summed E-state index contributed by atoms with van der Waals surface area (Å²) in [6.07, 6.45) is 0.621. The minimum Gasteiger partial charge on any atom is -0.585 e. The molecule has 1 aliphatic rings. The zero-order chi connectivity index (χ0) is 19.4. The van der Waals surface area contributed by atoms with E-state index in [0.29, 0.717) is 17.9 Å². The Balaban J connectivity index is 0.00000210. The summed E-state index contributed by atoms with van der Waals surface area (Å²) >= 11 is 0.947. The fourth-order valence-corrected chi connectivity index (χ4v) is 3.38. The van der Waals surface area contributed by atoms with Crippen LogP contribution in [0.15, 0.2) is 48.5 Å². The largest absolute Gasteiger partial charge is 1.00 e. The number of hydrogen-bond donors (Lipinski definition) is 1. The number of carbonyl (C=O) groups excluding carboxylic acids is 3. The maximum atomic E-state index is 11.6. The summed E-state index contributed by atoms with van der Waals surface area (Å²) in [6, 6.07) is 13.1. The van der Waals surface area contributed by atoms with E-state index in [0.717, 1.165) is 22.9 Å². The van der Waals surface area contributed by atoms with Crippen molar-refractivity contribution in [1.82, 2.24) is 0 Å². The van der Waals surface area contributed by atoms with Crippen LogP contribution in [0.2, 0.25) is 0 Å². The summed E-state index contributed by atoms with van der Waals surface area (Å²) < 4.78 is 5.74. The van der Waals surface area contributed by atoms with Gasteiger partial charge in [-0.05, 0) is 48.2 Å². The number of carbonyl (C=O) groups is 3. The molecule has 0 aromatic heterocycles. The van der Waals surface area contributed by atoms with Crippen LogP contribution in [0.4, 0.5) is 4.79 Å². The zero-order valence-corrected chi connectivity index (χ0v) is 21.0. The molecule has 0 aliphatic carbocycles. The molecule has 0 bridgehead atoms. The van der Waals surface area contributed by atoms with Crippen molar-refractivity contribution in [2.75, 3.05) is 0 Å². The van der Waals surface area contributed by atoms with Gasteiger partial charge < -0.3 is 35.3 Å². The summed E-state index contributed by atoms with van der Waals surface area (Å²) in [7, 11) is 0. The Labute approximate surface area is 216 Å². The molecule has 2 aromatic carbocycles. The number of imide groups is 1. The molecule has 2 atom stereocenters. The first-order valence-corrected chi connectivity index (χ1v) is 9.07. The topological polar surface area (TPSA) is 124 Å². The monoisotopic (exact) mass is 430 g/mol. The molecular formula is C19H16N2Na2O5S. The van der Waals surface area contributed by atoms with Crippen LogP contribution < -0.4 is 74.7 Å². The van der Waals surface area contributed by atoms with Crippen LogP contribution in [0.5, 0.6) is 11.5 Å². The zero-order valence-electron chi connectivity index (χ0n) is 16.2. The average molecular weight is 430 g/mol. The van der Waals surface area contributed by atoms with Crippen LogP contribution in [-0.2, 0) is 22.4 Å². The second kappa shape index (κ2) is 12.1. The molecule has 29 heavy (non-hydrogen) atoms. The number of rotatable bonds is 7. The normalized spacial score (nSPS) is 16.2. The molecule has 1 fully saturated rings. The molecule has 0 saturated carbocycles. The van der Waals surface area contributed by atoms with Gasteiger partial charge >= 0.3 is 59.1 Å². The fourth-order valence-electron chi connectivity index (χ4n) is 2.56. The van der Waals surface area contributed by atoms with Crippen LogP contribution >= 0.6 is 11.8 Å². The number of nitrogens with two attached hydrogens (primary N) is 1. The molecule has 1 aliphatic heterocycles. The van der Waals surface area contributed by atoms with Crippen molar-refractivity contribution in [3.63, 3.8) is 0 Å². The van der Waals surface area contributed by atoms with Crippen molar-refractivity contribution < 1.29 is 83.3 Å². The summed E-state index contributed by atoms with van der Waals surface area (Å²) in [5.41, 5.74) is 7.14. The van der Waals surface area contributed by atoms with Crippen LogP contribution in [0, 0.1) is 0 Å². The molecule has 1 unspecified atom stereocenters. The first-order valence-electron chi connectivity index (χ1n) is 8.19. The second-order valence-electron chi connectivity index (χ2n) is 6.05. The van der Waals surface area contributed by atoms with E-state index >= 15 is 0 Å². The Kier molecular flexibility index (Phi) is 10.9. The summed E-state index contributed by atoms with van der Waals surface area (Å²) in [4.78, 5) is 33.4. The number of carboxylic acids is 1. The number of thioether (sulfide) groups is 1. The van der Waals surface area contributed by atoms with Crippen molar-refractivity contribution in [3.05, 3.63) is 65.0 Å². The Bertz CT molecular complexity index is 862. The van der Waals surface area contributed by atoms with Crippen molar-refractivity contribution in [1.29, 1.82) is 0 Å². The molecule has 2 aromatic rings. The molecule has 0 radical (unpaired) electrons. The van der Waals surface area contributed by atoms with Crippen LogP contribution in [-0.4, -0.2) is 28.4 Å². The maximum Gasteiger partial charge on any atom is 1.00 e. The molecule has 0 spiro atoms. The van der Waals surface area contributed by atoms with E-state index < -0.39 is 22.5 Å². The fraction of sp³-hybridized carbons (Fsp3) is 0.211. The molecule has 1 saturated heterocycles. The number of ether oxygens (including phenoxy) is 1. The number of hydrogen-bond acceptors (Lipinski definition) is 7. The molecule has 2 N–H and O–H groups in total. The van der Waals surface area contributed by atoms with Gasteiger partial charge in [0.15, 0.2) is 0 Å².